The van der Waals surface area contributed by atoms with Crippen LogP contribution < -0.4 is 0 Å². The van der Waals surface area contributed by atoms with Gasteiger partial charge in [-0.05, 0) is 37.6 Å². The standard InChI is InChI=1S/C24H20N2O4S/c1-24(2)19-15-9-10-16-20(19)25-23(24)21(22(27)17-11-5-3-6-12-17)26-30-31(28,29)18-13-7-4-8-14-18/h3-16H,1-2H3/b26-21+. The normalized spacial score (nSPS) is 15.2. The van der Waals surface area contributed by atoms with E-state index < -0.39 is 21.3 Å². The number of carbonyl (C=O) groups is 1. The lowest BCUT2D eigenvalue weighted by Crippen LogP contribution is -2.37. The first kappa shape index (κ1) is 20.7. The van der Waals surface area contributed by atoms with Crippen molar-refractivity contribution in [2.75, 3.05) is 0 Å². The second-order valence-electron chi connectivity index (χ2n) is 7.58. The zero-order valence-corrected chi connectivity index (χ0v) is 17.8. The molecule has 4 rings (SSSR count). The molecular weight excluding hydrogens is 412 g/mol. The predicted molar refractivity (Wildman–Crippen MR) is 119 cm³/mol. The van der Waals surface area contributed by atoms with E-state index in [9.17, 15) is 13.2 Å². The number of hydrogen-bond acceptors (Lipinski definition) is 6. The van der Waals surface area contributed by atoms with Crippen LogP contribution in [0.4, 0.5) is 5.69 Å². The van der Waals surface area contributed by atoms with Crippen LogP contribution in [0.5, 0.6) is 0 Å². The van der Waals surface area contributed by atoms with E-state index in [2.05, 4.69) is 10.1 Å². The number of rotatable bonds is 6. The fourth-order valence-corrected chi connectivity index (χ4v) is 4.22. The number of ketones is 1. The maximum Gasteiger partial charge on any atom is 0.358 e. The van der Waals surface area contributed by atoms with E-state index in [1.54, 1.807) is 48.5 Å². The van der Waals surface area contributed by atoms with Gasteiger partial charge in [-0.3, -0.25) is 9.08 Å². The molecule has 0 bridgehead atoms. The number of Topliss-reactive ketones (excluding diaryl/α,β-unsaturated/α-hetero) is 1. The summed E-state index contributed by atoms with van der Waals surface area (Å²) in [6.45, 7) is 3.83. The molecule has 0 saturated carbocycles. The number of fused-ring (bicyclic) bond motifs is 1. The second-order valence-corrected chi connectivity index (χ2v) is 9.11. The molecule has 0 aromatic heterocycles. The lowest BCUT2D eigenvalue weighted by molar-refractivity contribution is 0.106. The maximum absolute atomic E-state index is 13.3. The molecule has 3 aromatic carbocycles. The Morgan fingerprint density at radius 1 is 0.871 bits per heavy atom. The van der Waals surface area contributed by atoms with Crippen LogP contribution in [0.15, 0.2) is 100.0 Å². The summed E-state index contributed by atoms with van der Waals surface area (Å²) < 4.78 is 30.2. The molecule has 1 aliphatic heterocycles. The van der Waals surface area contributed by atoms with E-state index in [1.165, 1.54) is 12.1 Å². The summed E-state index contributed by atoms with van der Waals surface area (Å²) in [5.74, 6) is -0.469. The van der Waals surface area contributed by atoms with Crippen LogP contribution in [0, 0.1) is 0 Å². The molecule has 0 N–H and O–H groups in total. The smallest absolute Gasteiger partial charge is 0.287 e. The third kappa shape index (κ3) is 3.92. The Bertz CT molecular complexity index is 1300. The Hall–Kier alpha value is -3.58. The van der Waals surface area contributed by atoms with E-state index >= 15 is 0 Å². The monoisotopic (exact) mass is 432 g/mol. The van der Waals surface area contributed by atoms with Crippen molar-refractivity contribution in [1.29, 1.82) is 0 Å². The van der Waals surface area contributed by atoms with Crippen molar-refractivity contribution < 1.29 is 17.5 Å². The topological polar surface area (TPSA) is 85.2 Å². The van der Waals surface area contributed by atoms with Crippen molar-refractivity contribution >= 4 is 33.0 Å². The first-order chi connectivity index (χ1) is 14.8. The largest absolute Gasteiger partial charge is 0.358 e. The van der Waals surface area contributed by atoms with Crippen molar-refractivity contribution in [2.24, 2.45) is 10.1 Å². The van der Waals surface area contributed by atoms with E-state index in [-0.39, 0.29) is 10.6 Å². The third-order valence-corrected chi connectivity index (χ3v) is 6.26. The van der Waals surface area contributed by atoms with Gasteiger partial charge in [-0.25, -0.2) is 4.99 Å². The van der Waals surface area contributed by atoms with Gasteiger partial charge in [-0.2, -0.15) is 8.42 Å². The molecule has 1 heterocycles. The Kier molecular flexibility index (Phi) is 5.29. The average molecular weight is 433 g/mol. The minimum absolute atomic E-state index is 0.0545. The molecule has 3 aromatic rings. The minimum Gasteiger partial charge on any atom is -0.287 e. The van der Waals surface area contributed by atoms with Crippen LogP contribution in [0.2, 0.25) is 0 Å². The summed E-state index contributed by atoms with van der Waals surface area (Å²) in [6.07, 6.45) is 0. The Morgan fingerprint density at radius 3 is 2.10 bits per heavy atom. The van der Waals surface area contributed by atoms with Gasteiger partial charge in [0.15, 0.2) is 5.71 Å². The molecule has 0 spiro atoms. The molecule has 1 aliphatic rings. The first-order valence-electron chi connectivity index (χ1n) is 9.66. The summed E-state index contributed by atoms with van der Waals surface area (Å²) in [5.41, 5.74) is 1.53. The number of para-hydroxylation sites is 1. The number of oxime groups is 1. The maximum atomic E-state index is 13.3. The van der Waals surface area contributed by atoms with Gasteiger partial charge in [-0.1, -0.05) is 71.9 Å². The number of aliphatic imine (C=N–C) groups is 1. The highest BCUT2D eigenvalue weighted by Gasteiger charge is 2.40. The summed E-state index contributed by atoms with van der Waals surface area (Å²) in [6, 6.07) is 23.7. The lowest BCUT2D eigenvalue weighted by atomic mass is 9.78. The molecule has 7 heteroatoms. The highest BCUT2D eigenvalue weighted by Crippen LogP contribution is 2.40. The van der Waals surface area contributed by atoms with E-state index in [0.29, 0.717) is 17.0 Å². The molecule has 31 heavy (non-hydrogen) atoms. The van der Waals surface area contributed by atoms with Crippen LogP contribution >= 0.6 is 0 Å². The predicted octanol–water partition coefficient (Wildman–Crippen LogP) is 4.69. The van der Waals surface area contributed by atoms with Crippen LogP contribution in [0.1, 0.15) is 29.8 Å². The summed E-state index contributed by atoms with van der Waals surface area (Å²) >= 11 is 0. The number of hydrogen-bond donors (Lipinski definition) is 0. The first-order valence-corrected chi connectivity index (χ1v) is 11.1. The molecule has 156 valence electrons. The van der Waals surface area contributed by atoms with Gasteiger partial charge in [0.1, 0.15) is 4.90 Å². The van der Waals surface area contributed by atoms with Crippen LogP contribution in [0.3, 0.4) is 0 Å². The van der Waals surface area contributed by atoms with Gasteiger partial charge in [0.2, 0.25) is 5.78 Å². The van der Waals surface area contributed by atoms with Crippen molar-refractivity contribution in [3.63, 3.8) is 0 Å². The van der Waals surface area contributed by atoms with E-state index in [1.807, 2.05) is 38.1 Å². The van der Waals surface area contributed by atoms with Gasteiger partial charge in [0, 0.05) is 11.0 Å². The SMILES string of the molecule is CC1(C)C(/C(=N/OS(=O)(=O)c2ccccc2)C(=O)c2ccccc2)=Nc2ccccc21. The summed E-state index contributed by atoms with van der Waals surface area (Å²) in [5, 5.41) is 3.86. The average Bonchev–Trinajstić information content (AvgIpc) is 3.06. The van der Waals surface area contributed by atoms with Crippen LogP contribution in [-0.4, -0.2) is 25.6 Å². The fourth-order valence-electron chi connectivity index (χ4n) is 3.47. The molecule has 6 nitrogen and oxygen atoms in total. The zero-order valence-electron chi connectivity index (χ0n) is 17.0. The molecule has 0 amide bonds. The Labute approximate surface area is 181 Å². The van der Waals surface area contributed by atoms with Gasteiger partial charge in [-0.15, -0.1) is 0 Å². The Balaban J connectivity index is 1.80. The van der Waals surface area contributed by atoms with Crippen molar-refractivity contribution in [3.05, 3.63) is 96.1 Å². The molecule has 0 aliphatic carbocycles. The van der Waals surface area contributed by atoms with Gasteiger partial charge in [0.25, 0.3) is 0 Å². The second kappa shape index (κ2) is 7.92. The lowest BCUT2D eigenvalue weighted by Gasteiger charge is -2.22. The molecule has 0 unspecified atom stereocenters. The number of nitrogens with zero attached hydrogens (tertiary/aromatic N) is 2. The number of benzene rings is 3. The number of carbonyl (C=O) groups excluding carboxylic acids is 1. The highest BCUT2D eigenvalue weighted by atomic mass is 32.2. The summed E-state index contributed by atoms with van der Waals surface area (Å²) in [4.78, 5) is 17.9. The molecule has 0 fully saturated rings. The Morgan fingerprint density at radius 2 is 1.45 bits per heavy atom. The highest BCUT2D eigenvalue weighted by molar-refractivity contribution is 7.86. The summed E-state index contributed by atoms with van der Waals surface area (Å²) in [7, 11) is -4.20. The van der Waals surface area contributed by atoms with Crippen LogP contribution in [0.25, 0.3) is 0 Å². The third-order valence-electron chi connectivity index (χ3n) is 5.14. The van der Waals surface area contributed by atoms with Gasteiger partial charge >= 0.3 is 10.1 Å². The fraction of sp³-hybridized carbons (Fsp3) is 0.125. The molecule has 0 atom stereocenters. The molecule has 0 radical (unpaired) electrons. The van der Waals surface area contributed by atoms with E-state index in [4.69, 9.17) is 4.28 Å². The van der Waals surface area contributed by atoms with Crippen LogP contribution in [-0.2, 0) is 19.8 Å². The van der Waals surface area contributed by atoms with Gasteiger partial charge in [0.05, 0.1) is 11.4 Å². The molecular formula is C24H20N2O4S. The minimum atomic E-state index is -4.20. The van der Waals surface area contributed by atoms with Crippen molar-refractivity contribution in [1.82, 2.24) is 0 Å². The van der Waals surface area contributed by atoms with Crippen molar-refractivity contribution in [2.45, 2.75) is 24.2 Å². The van der Waals surface area contributed by atoms with E-state index in [0.717, 1.165) is 5.56 Å². The molecule has 0 saturated heterocycles. The quantitative estimate of drug-likeness (QED) is 0.321. The van der Waals surface area contributed by atoms with Crippen molar-refractivity contribution in [3.8, 4) is 0 Å². The van der Waals surface area contributed by atoms with Gasteiger partial charge < -0.3 is 0 Å². The zero-order chi connectivity index (χ0) is 22.1.